The largest absolute Gasteiger partial charge is 0.481 e. The Morgan fingerprint density at radius 1 is 1.07 bits per heavy atom. The van der Waals surface area contributed by atoms with Crippen molar-refractivity contribution >= 4 is 5.97 Å². The van der Waals surface area contributed by atoms with Crippen molar-refractivity contribution in [1.29, 1.82) is 0 Å². The number of aliphatic hydroxyl groups is 2. The fourth-order valence-electron chi connectivity index (χ4n) is 8.37. The zero-order valence-electron chi connectivity index (χ0n) is 17.0. The molecule has 0 amide bonds. The number of carbonyl (C=O) groups is 1. The summed E-state index contributed by atoms with van der Waals surface area (Å²) < 4.78 is 0. The van der Waals surface area contributed by atoms with E-state index in [-0.39, 0.29) is 24.0 Å². The Morgan fingerprint density at radius 2 is 1.85 bits per heavy atom. The van der Waals surface area contributed by atoms with E-state index in [1.807, 2.05) is 0 Å². The van der Waals surface area contributed by atoms with E-state index in [4.69, 9.17) is 5.11 Å². The van der Waals surface area contributed by atoms with Crippen molar-refractivity contribution in [2.24, 2.45) is 46.8 Å². The van der Waals surface area contributed by atoms with Crippen molar-refractivity contribution in [1.82, 2.24) is 0 Å². The summed E-state index contributed by atoms with van der Waals surface area (Å²) in [6, 6.07) is 0. The van der Waals surface area contributed by atoms with E-state index < -0.39 is 5.97 Å². The third kappa shape index (κ3) is 3.35. The van der Waals surface area contributed by atoms with Gasteiger partial charge in [-0.2, -0.15) is 0 Å². The molecule has 0 spiro atoms. The molecule has 0 saturated heterocycles. The van der Waals surface area contributed by atoms with Gasteiger partial charge in [0.05, 0.1) is 12.2 Å². The van der Waals surface area contributed by atoms with Crippen molar-refractivity contribution in [3.8, 4) is 0 Å². The number of carboxylic acids is 1. The minimum Gasteiger partial charge on any atom is -0.481 e. The van der Waals surface area contributed by atoms with Crippen LogP contribution in [0.15, 0.2) is 0 Å². The molecule has 0 aromatic heterocycles. The van der Waals surface area contributed by atoms with E-state index in [1.165, 1.54) is 25.7 Å². The first-order valence-corrected chi connectivity index (χ1v) is 11.4. The fraction of sp³-hybridized carbons (Fsp3) is 0.957. The van der Waals surface area contributed by atoms with E-state index >= 15 is 0 Å². The number of hydrogen-bond donors (Lipinski definition) is 3. The molecule has 0 heterocycles. The van der Waals surface area contributed by atoms with E-state index in [0.717, 1.165) is 32.1 Å². The quantitative estimate of drug-likeness (QED) is 0.688. The molecule has 0 aliphatic heterocycles. The molecular weight excluding hydrogens is 340 g/mol. The van der Waals surface area contributed by atoms with Crippen LogP contribution in [0.1, 0.15) is 78.1 Å². The van der Waals surface area contributed by atoms with Crippen molar-refractivity contribution < 1.29 is 20.1 Å². The van der Waals surface area contributed by atoms with Gasteiger partial charge in [-0.15, -0.1) is 0 Å². The molecule has 4 rings (SSSR count). The van der Waals surface area contributed by atoms with Crippen molar-refractivity contribution in [3.63, 3.8) is 0 Å². The lowest BCUT2D eigenvalue weighted by molar-refractivity contribution is -0.139. The van der Waals surface area contributed by atoms with Crippen LogP contribution in [0.4, 0.5) is 0 Å². The normalized spacial score (nSPS) is 50.4. The minimum absolute atomic E-state index is 0.158. The SMILES string of the molecule is C[C@H](CCC(=O)O)C1CCC2C3C(CC[C@@]21C)C1CC[C@@H](O)CC1C[C@H]3O. The van der Waals surface area contributed by atoms with Gasteiger partial charge in [0.15, 0.2) is 0 Å². The standard InChI is InChI=1S/C23H38O4/c1-13(3-8-21(26)27)18-6-7-19-22-17(9-10-23(18,19)2)16-5-4-15(24)11-14(16)12-20(22)25/h13-20,22,24-25H,3-12H2,1-2H3,(H,26,27)/t13-,14?,15-,16?,17?,18?,19?,20-,22?,23-/m1/s1. The molecule has 0 aromatic carbocycles. The molecule has 0 aromatic rings. The molecule has 4 heteroatoms. The summed E-state index contributed by atoms with van der Waals surface area (Å²) in [6.07, 6.45) is 9.40. The molecule has 4 saturated carbocycles. The first-order chi connectivity index (χ1) is 12.8. The molecule has 0 bridgehead atoms. The van der Waals surface area contributed by atoms with Gasteiger partial charge in [-0.3, -0.25) is 4.79 Å². The summed E-state index contributed by atoms with van der Waals surface area (Å²) in [7, 11) is 0. The molecule has 4 fully saturated rings. The number of rotatable bonds is 4. The Labute approximate surface area is 163 Å². The van der Waals surface area contributed by atoms with Gasteiger partial charge in [0.25, 0.3) is 0 Å². The van der Waals surface area contributed by atoms with Crippen LogP contribution in [0.25, 0.3) is 0 Å². The van der Waals surface area contributed by atoms with Gasteiger partial charge in [-0.05, 0) is 105 Å². The smallest absolute Gasteiger partial charge is 0.303 e. The highest BCUT2D eigenvalue weighted by Gasteiger charge is 2.59. The van der Waals surface area contributed by atoms with Gasteiger partial charge in [0.2, 0.25) is 0 Å². The average molecular weight is 379 g/mol. The summed E-state index contributed by atoms with van der Waals surface area (Å²) in [4.78, 5) is 11.0. The zero-order chi connectivity index (χ0) is 19.3. The molecule has 4 aliphatic rings. The highest BCUT2D eigenvalue weighted by Crippen LogP contribution is 2.65. The highest BCUT2D eigenvalue weighted by molar-refractivity contribution is 5.66. The molecular formula is C23H38O4. The molecule has 154 valence electrons. The van der Waals surface area contributed by atoms with Gasteiger partial charge >= 0.3 is 5.97 Å². The Bertz CT molecular complexity index is 563. The van der Waals surface area contributed by atoms with Crippen LogP contribution in [0.5, 0.6) is 0 Å². The predicted molar refractivity (Wildman–Crippen MR) is 104 cm³/mol. The Morgan fingerprint density at radius 3 is 2.59 bits per heavy atom. The van der Waals surface area contributed by atoms with E-state index in [1.54, 1.807) is 0 Å². The van der Waals surface area contributed by atoms with Crippen LogP contribution < -0.4 is 0 Å². The maximum Gasteiger partial charge on any atom is 0.303 e. The number of hydrogen-bond acceptors (Lipinski definition) is 3. The summed E-state index contributed by atoms with van der Waals surface area (Å²) in [5.74, 6) is 3.24. The monoisotopic (exact) mass is 378 g/mol. The lowest BCUT2D eigenvalue weighted by Crippen LogP contribution is -2.54. The summed E-state index contributed by atoms with van der Waals surface area (Å²) in [6.45, 7) is 4.70. The van der Waals surface area contributed by atoms with Crippen molar-refractivity contribution in [2.45, 2.75) is 90.3 Å². The Balaban J connectivity index is 1.51. The van der Waals surface area contributed by atoms with E-state index in [9.17, 15) is 15.0 Å². The fourth-order valence-corrected chi connectivity index (χ4v) is 8.37. The van der Waals surface area contributed by atoms with Crippen LogP contribution in [0, 0.1) is 46.8 Å². The van der Waals surface area contributed by atoms with Crippen LogP contribution in [-0.4, -0.2) is 33.5 Å². The Hall–Kier alpha value is -0.610. The summed E-state index contributed by atoms with van der Waals surface area (Å²) in [5.41, 5.74) is 0.265. The van der Waals surface area contributed by atoms with Crippen LogP contribution in [0.2, 0.25) is 0 Å². The zero-order valence-corrected chi connectivity index (χ0v) is 17.0. The molecule has 4 aliphatic carbocycles. The van der Waals surface area contributed by atoms with Gasteiger partial charge in [0.1, 0.15) is 0 Å². The van der Waals surface area contributed by atoms with E-state index in [2.05, 4.69) is 13.8 Å². The average Bonchev–Trinajstić information content (AvgIpc) is 2.96. The van der Waals surface area contributed by atoms with Crippen LogP contribution in [0.3, 0.4) is 0 Å². The molecule has 4 nitrogen and oxygen atoms in total. The highest BCUT2D eigenvalue weighted by atomic mass is 16.4. The third-order valence-electron chi connectivity index (χ3n) is 9.51. The van der Waals surface area contributed by atoms with E-state index in [0.29, 0.717) is 41.4 Å². The second-order valence-corrected chi connectivity index (χ2v) is 10.7. The molecule has 3 N–H and O–H groups in total. The molecule has 27 heavy (non-hydrogen) atoms. The molecule has 0 radical (unpaired) electrons. The summed E-state index contributed by atoms with van der Waals surface area (Å²) in [5, 5.41) is 30.3. The first-order valence-electron chi connectivity index (χ1n) is 11.4. The lowest BCUT2D eigenvalue weighted by Gasteiger charge is -2.58. The minimum atomic E-state index is -0.682. The maximum atomic E-state index is 11.1. The van der Waals surface area contributed by atoms with Crippen molar-refractivity contribution in [3.05, 3.63) is 0 Å². The predicted octanol–water partition coefficient (Wildman–Crippen LogP) is 4.09. The van der Waals surface area contributed by atoms with Gasteiger partial charge in [-0.1, -0.05) is 13.8 Å². The lowest BCUT2D eigenvalue weighted by atomic mass is 9.48. The van der Waals surface area contributed by atoms with Gasteiger partial charge < -0.3 is 15.3 Å². The third-order valence-corrected chi connectivity index (χ3v) is 9.51. The number of aliphatic hydroxyl groups excluding tert-OH is 2. The van der Waals surface area contributed by atoms with Crippen LogP contribution in [-0.2, 0) is 4.79 Å². The van der Waals surface area contributed by atoms with Gasteiger partial charge in [-0.25, -0.2) is 0 Å². The topological polar surface area (TPSA) is 77.8 Å². The summed E-state index contributed by atoms with van der Waals surface area (Å²) >= 11 is 0. The molecule has 10 atom stereocenters. The number of carboxylic acid groups (broad SMARTS) is 1. The Kier molecular flexibility index (Phi) is 5.35. The van der Waals surface area contributed by atoms with Crippen LogP contribution >= 0.6 is 0 Å². The second-order valence-electron chi connectivity index (χ2n) is 10.7. The maximum absolute atomic E-state index is 11.1. The second kappa shape index (κ2) is 7.33. The van der Waals surface area contributed by atoms with Crippen molar-refractivity contribution in [2.75, 3.05) is 0 Å². The van der Waals surface area contributed by atoms with Gasteiger partial charge in [0, 0.05) is 6.42 Å². The number of fused-ring (bicyclic) bond motifs is 5. The first kappa shape index (κ1) is 19.7. The molecule has 6 unspecified atom stereocenters. The number of aliphatic carboxylic acids is 1.